The van der Waals surface area contributed by atoms with E-state index in [-0.39, 0.29) is 13.0 Å². The zero-order valence-corrected chi connectivity index (χ0v) is 23.4. The van der Waals surface area contributed by atoms with Gasteiger partial charge >= 0.3 is 5.97 Å². The van der Waals surface area contributed by atoms with E-state index in [4.69, 9.17) is 9.97 Å². The minimum atomic E-state index is -0.892. The molecule has 0 bridgehead atoms. The van der Waals surface area contributed by atoms with Crippen LogP contribution < -0.4 is 0 Å². The fraction of sp³-hybridized carbons (Fsp3) is 0.219. The predicted octanol–water partition coefficient (Wildman–Crippen LogP) is 5.45. The number of nitrogens with zero attached hydrogens (tertiary/aromatic N) is 5. The van der Waals surface area contributed by atoms with Crippen LogP contribution in [0.2, 0.25) is 0 Å². The van der Waals surface area contributed by atoms with E-state index in [1.165, 1.54) is 11.3 Å². The Bertz CT molecular complexity index is 1650. The summed E-state index contributed by atoms with van der Waals surface area (Å²) < 4.78 is 0. The molecule has 0 radical (unpaired) electrons. The highest BCUT2D eigenvalue weighted by Gasteiger charge is 2.44. The van der Waals surface area contributed by atoms with Crippen molar-refractivity contribution in [3.05, 3.63) is 119 Å². The maximum absolute atomic E-state index is 11.9. The molecule has 1 unspecified atom stereocenters. The van der Waals surface area contributed by atoms with Gasteiger partial charge in [0, 0.05) is 37.4 Å². The van der Waals surface area contributed by atoms with E-state index in [9.17, 15) is 15.0 Å². The SMILES string of the molecule is CC1(CC(=O)O)c2cc(CO)ccc2-c2sc(-c3cccc(CN(Cc4ccccn4)Cc4ccccn4)n3)nc21. The highest BCUT2D eigenvalue weighted by Crippen LogP contribution is 2.54. The summed E-state index contributed by atoms with van der Waals surface area (Å²) in [5, 5.41) is 20.2. The number of benzene rings is 1. The van der Waals surface area contributed by atoms with Gasteiger partial charge in [0.05, 0.1) is 46.4 Å². The first kappa shape index (κ1) is 26.9. The van der Waals surface area contributed by atoms with Crippen molar-refractivity contribution < 1.29 is 15.0 Å². The van der Waals surface area contributed by atoms with E-state index in [0.29, 0.717) is 19.6 Å². The van der Waals surface area contributed by atoms with Crippen LogP contribution in [0.25, 0.3) is 21.1 Å². The van der Waals surface area contributed by atoms with Crippen molar-refractivity contribution in [3.63, 3.8) is 0 Å². The number of thiazole rings is 1. The van der Waals surface area contributed by atoms with Crippen LogP contribution in [0.5, 0.6) is 0 Å². The number of rotatable bonds is 10. The van der Waals surface area contributed by atoms with E-state index in [1.54, 1.807) is 12.4 Å². The van der Waals surface area contributed by atoms with E-state index >= 15 is 0 Å². The van der Waals surface area contributed by atoms with E-state index in [0.717, 1.165) is 55.0 Å². The molecule has 1 aliphatic rings. The van der Waals surface area contributed by atoms with Gasteiger partial charge in [-0.1, -0.05) is 36.4 Å². The predicted molar refractivity (Wildman–Crippen MR) is 157 cm³/mol. The Morgan fingerprint density at radius 2 is 1.56 bits per heavy atom. The lowest BCUT2D eigenvalue weighted by molar-refractivity contribution is -0.138. The Kier molecular flexibility index (Phi) is 7.40. The molecule has 2 N–H and O–H groups in total. The number of carbonyl (C=O) groups is 1. The van der Waals surface area contributed by atoms with Crippen molar-refractivity contribution in [1.82, 2.24) is 24.8 Å². The standard InChI is InChI=1S/C32H29N5O3S/c1-32(16-28(39)40)26-15-21(20-38)11-12-25(26)29-30(32)36-31(41-29)27-10-6-9-24(35-27)19-37(17-22-7-2-4-13-33-22)18-23-8-3-5-14-34-23/h2-15,38H,16-20H2,1H3,(H,39,40). The molecule has 0 spiro atoms. The van der Waals surface area contributed by atoms with Crippen molar-refractivity contribution in [2.45, 2.75) is 45.0 Å². The lowest BCUT2D eigenvalue weighted by Crippen LogP contribution is -2.25. The fourth-order valence-corrected chi connectivity index (χ4v) is 6.67. The van der Waals surface area contributed by atoms with Crippen LogP contribution in [-0.4, -0.2) is 41.0 Å². The normalized spacial score (nSPS) is 15.6. The van der Waals surface area contributed by atoms with Crippen LogP contribution in [0.4, 0.5) is 0 Å². The third-order valence-corrected chi connectivity index (χ3v) is 8.51. The Hall–Kier alpha value is -4.31. The Morgan fingerprint density at radius 3 is 2.20 bits per heavy atom. The number of fused-ring (bicyclic) bond motifs is 3. The second kappa shape index (κ2) is 11.3. The largest absolute Gasteiger partial charge is 0.481 e. The van der Waals surface area contributed by atoms with Gasteiger partial charge in [-0.2, -0.15) is 0 Å². The van der Waals surface area contributed by atoms with Gasteiger partial charge in [0.2, 0.25) is 0 Å². The van der Waals surface area contributed by atoms with Gasteiger partial charge in [-0.05, 0) is 60.0 Å². The molecule has 41 heavy (non-hydrogen) atoms. The van der Waals surface area contributed by atoms with Gasteiger partial charge in [0.1, 0.15) is 5.01 Å². The molecule has 4 aromatic heterocycles. The minimum Gasteiger partial charge on any atom is -0.481 e. The first-order valence-corrected chi connectivity index (χ1v) is 14.2. The second-order valence-electron chi connectivity index (χ2n) is 10.4. The topological polar surface area (TPSA) is 112 Å². The fourth-order valence-electron chi connectivity index (χ4n) is 5.46. The summed E-state index contributed by atoms with van der Waals surface area (Å²) in [6, 6.07) is 23.5. The van der Waals surface area contributed by atoms with Crippen LogP contribution in [0.3, 0.4) is 0 Å². The summed E-state index contributed by atoms with van der Waals surface area (Å²) in [6.07, 6.45) is 3.51. The third-order valence-electron chi connectivity index (χ3n) is 7.40. The number of hydrogen-bond acceptors (Lipinski definition) is 8. The highest BCUT2D eigenvalue weighted by molar-refractivity contribution is 7.18. The molecule has 0 saturated carbocycles. The van der Waals surface area contributed by atoms with Crippen molar-refractivity contribution in [2.24, 2.45) is 0 Å². The maximum Gasteiger partial charge on any atom is 0.304 e. The third kappa shape index (κ3) is 5.52. The average molecular weight is 564 g/mol. The summed E-state index contributed by atoms with van der Waals surface area (Å²) in [7, 11) is 0. The molecule has 0 fully saturated rings. The van der Waals surface area contributed by atoms with E-state index < -0.39 is 11.4 Å². The zero-order chi connectivity index (χ0) is 28.4. The van der Waals surface area contributed by atoms with Crippen molar-refractivity contribution in [3.8, 4) is 21.1 Å². The average Bonchev–Trinajstić information content (AvgIpc) is 3.52. The summed E-state index contributed by atoms with van der Waals surface area (Å²) in [4.78, 5) is 34.1. The summed E-state index contributed by atoms with van der Waals surface area (Å²) in [6.45, 7) is 3.71. The van der Waals surface area contributed by atoms with Crippen LogP contribution >= 0.6 is 11.3 Å². The summed E-state index contributed by atoms with van der Waals surface area (Å²) >= 11 is 1.53. The number of carboxylic acids is 1. The molecule has 6 rings (SSSR count). The van der Waals surface area contributed by atoms with Crippen molar-refractivity contribution >= 4 is 17.3 Å². The lowest BCUT2D eigenvalue weighted by Gasteiger charge is -2.24. The molecule has 0 amide bonds. The van der Waals surface area contributed by atoms with Crippen LogP contribution in [-0.2, 0) is 36.5 Å². The highest BCUT2D eigenvalue weighted by atomic mass is 32.1. The molecule has 9 heteroatoms. The number of aliphatic hydroxyl groups is 1. The first-order chi connectivity index (χ1) is 19.9. The Balaban J connectivity index is 1.32. The number of pyridine rings is 3. The number of carboxylic acid groups (broad SMARTS) is 1. The van der Waals surface area contributed by atoms with Crippen LogP contribution in [0.15, 0.2) is 85.2 Å². The summed E-state index contributed by atoms with van der Waals surface area (Å²) in [5.74, 6) is -0.892. The maximum atomic E-state index is 11.9. The zero-order valence-electron chi connectivity index (χ0n) is 22.6. The van der Waals surface area contributed by atoms with Crippen LogP contribution in [0.1, 0.15) is 47.2 Å². The van der Waals surface area contributed by atoms with Crippen LogP contribution in [0, 0.1) is 0 Å². The number of aliphatic carboxylic acids is 1. The Morgan fingerprint density at radius 1 is 0.878 bits per heavy atom. The van der Waals surface area contributed by atoms with Gasteiger partial charge in [0.15, 0.2) is 0 Å². The molecule has 8 nitrogen and oxygen atoms in total. The monoisotopic (exact) mass is 563 g/mol. The van der Waals surface area contributed by atoms with E-state index in [1.807, 2.05) is 79.7 Å². The van der Waals surface area contributed by atoms with Gasteiger partial charge in [0.25, 0.3) is 0 Å². The molecule has 5 aromatic rings. The van der Waals surface area contributed by atoms with E-state index in [2.05, 4.69) is 14.9 Å². The van der Waals surface area contributed by atoms with Gasteiger partial charge < -0.3 is 10.2 Å². The summed E-state index contributed by atoms with van der Waals surface area (Å²) in [5.41, 5.74) is 6.17. The molecule has 0 saturated heterocycles. The molecule has 0 aliphatic heterocycles. The number of hydrogen-bond donors (Lipinski definition) is 2. The second-order valence-corrected chi connectivity index (χ2v) is 11.4. The van der Waals surface area contributed by atoms with Gasteiger partial charge in [-0.25, -0.2) is 9.97 Å². The minimum absolute atomic E-state index is 0.0888. The van der Waals surface area contributed by atoms with Crippen molar-refractivity contribution in [2.75, 3.05) is 0 Å². The molecule has 1 aromatic carbocycles. The Labute approximate surface area is 242 Å². The molecule has 1 atom stereocenters. The van der Waals surface area contributed by atoms with Gasteiger partial charge in [-0.3, -0.25) is 19.7 Å². The molecule has 206 valence electrons. The smallest absolute Gasteiger partial charge is 0.304 e. The lowest BCUT2D eigenvalue weighted by atomic mass is 9.79. The molecule has 4 heterocycles. The first-order valence-electron chi connectivity index (χ1n) is 13.4. The number of aliphatic hydroxyl groups excluding tert-OH is 1. The van der Waals surface area contributed by atoms with Gasteiger partial charge in [-0.15, -0.1) is 11.3 Å². The molecular formula is C32H29N5O3S. The number of aromatic nitrogens is 4. The molecule has 1 aliphatic carbocycles. The van der Waals surface area contributed by atoms with Crippen molar-refractivity contribution in [1.29, 1.82) is 0 Å². The molecular weight excluding hydrogens is 534 g/mol. The quantitative estimate of drug-likeness (QED) is 0.231.